The molecule has 0 radical (unpaired) electrons. The van der Waals surface area contributed by atoms with Crippen molar-refractivity contribution in [3.63, 3.8) is 0 Å². The highest BCUT2D eigenvalue weighted by Crippen LogP contribution is 2.20. The van der Waals surface area contributed by atoms with Crippen molar-refractivity contribution in [2.24, 2.45) is 0 Å². The fraction of sp³-hybridized carbons (Fsp3) is 0.474. The molecule has 2 rings (SSSR count). The summed E-state index contributed by atoms with van der Waals surface area (Å²) in [7, 11) is 0. The average Bonchev–Trinajstić information content (AvgIpc) is 2.58. The second-order valence-corrected chi connectivity index (χ2v) is 6.57. The fourth-order valence-electron chi connectivity index (χ4n) is 2.82. The Kier molecular flexibility index (Phi) is 7.32. The van der Waals surface area contributed by atoms with Crippen LogP contribution in [0.15, 0.2) is 35.9 Å². The Labute approximate surface area is 148 Å². The van der Waals surface area contributed by atoms with E-state index in [0.29, 0.717) is 18.1 Å². The number of hydrogen-bond donors (Lipinski definition) is 1. The molecule has 1 aliphatic rings. The van der Waals surface area contributed by atoms with Gasteiger partial charge in [0.15, 0.2) is 0 Å². The Bertz CT molecular complexity index is 613. The molecule has 0 aliphatic heterocycles. The van der Waals surface area contributed by atoms with Gasteiger partial charge in [0, 0.05) is 25.0 Å². The largest absolute Gasteiger partial charge is 0.350 e. The van der Waals surface area contributed by atoms with E-state index in [-0.39, 0.29) is 18.4 Å². The molecule has 1 N–H and O–H groups in total. The zero-order chi connectivity index (χ0) is 17.4. The Balaban J connectivity index is 1.81. The topological polar surface area (TPSA) is 49.4 Å². The minimum Gasteiger partial charge on any atom is -0.350 e. The van der Waals surface area contributed by atoms with Gasteiger partial charge in [-0.15, -0.1) is 0 Å². The molecule has 4 nitrogen and oxygen atoms in total. The van der Waals surface area contributed by atoms with Crippen LogP contribution in [0.5, 0.6) is 0 Å². The molecule has 2 amide bonds. The molecule has 0 atom stereocenters. The van der Waals surface area contributed by atoms with Gasteiger partial charge in [-0.1, -0.05) is 41.4 Å². The molecule has 0 saturated carbocycles. The minimum atomic E-state index is -0.164. The summed E-state index contributed by atoms with van der Waals surface area (Å²) in [4.78, 5) is 25.5. The number of carbonyl (C=O) groups excluding carboxylic acids is 2. The van der Waals surface area contributed by atoms with Gasteiger partial charge in [-0.25, -0.2) is 0 Å². The first kappa shape index (κ1) is 18.5. The van der Waals surface area contributed by atoms with Crippen LogP contribution in [0.2, 0.25) is 5.02 Å². The average molecular weight is 349 g/mol. The molecular formula is C19H25ClN2O2. The third-order valence-corrected chi connectivity index (χ3v) is 4.67. The van der Waals surface area contributed by atoms with Crippen molar-refractivity contribution < 1.29 is 9.59 Å². The SMILES string of the molecule is CC(=O)N(CCC1=CCCCC1)CC(=O)NCc1ccccc1Cl. The number of allylic oxidation sites excluding steroid dienone is 1. The summed E-state index contributed by atoms with van der Waals surface area (Å²) in [5.74, 6) is -0.234. The third-order valence-electron chi connectivity index (χ3n) is 4.30. The van der Waals surface area contributed by atoms with Crippen LogP contribution in [0.1, 0.15) is 44.6 Å². The first-order chi connectivity index (χ1) is 11.6. The van der Waals surface area contributed by atoms with Crippen LogP contribution in [0.4, 0.5) is 0 Å². The van der Waals surface area contributed by atoms with Crippen LogP contribution < -0.4 is 5.32 Å². The van der Waals surface area contributed by atoms with Crippen LogP contribution in [0.3, 0.4) is 0 Å². The first-order valence-corrected chi connectivity index (χ1v) is 8.87. The van der Waals surface area contributed by atoms with Crippen molar-refractivity contribution in [3.05, 3.63) is 46.5 Å². The molecule has 0 spiro atoms. The summed E-state index contributed by atoms with van der Waals surface area (Å²) >= 11 is 6.08. The van der Waals surface area contributed by atoms with Crippen molar-refractivity contribution in [1.29, 1.82) is 0 Å². The standard InChI is InChI=1S/C19H25ClN2O2/c1-15(23)22(12-11-16-7-3-2-4-8-16)14-19(24)21-13-17-9-5-6-10-18(17)20/h5-7,9-10H,2-4,8,11-14H2,1H3,(H,21,24). The van der Waals surface area contributed by atoms with Crippen LogP contribution >= 0.6 is 11.6 Å². The van der Waals surface area contributed by atoms with Crippen molar-refractivity contribution in [2.75, 3.05) is 13.1 Å². The Hall–Kier alpha value is -1.81. The monoisotopic (exact) mass is 348 g/mol. The highest BCUT2D eigenvalue weighted by molar-refractivity contribution is 6.31. The van der Waals surface area contributed by atoms with Gasteiger partial charge in [0.2, 0.25) is 11.8 Å². The van der Waals surface area contributed by atoms with Crippen molar-refractivity contribution in [2.45, 2.75) is 45.6 Å². The fourth-order valence-corrected chi connectivity index (χ4v) is 3.03. The molecule has 0 fully saturated rings. The van der Waals surface area contributed by atoms with Crippen LogP contribution in [-0.4, -0.2) is 29.8 Å². The van der Waals surface area contributed by atoms with E-state index in [1.54, 1.807) is 11.0 Å². The summed E-state index contributed by atoms with van der Waals surface area (Å²) in [6.07, 6.45) is 7.86. The van der Waals surface area contributed by atoms with Crippen molar-refractivity contribution >= 4 is 23.4 Å². The van der Waals surface area contributed by atoms with Gasteiger partial charge >= 0.3 is 0 Å². The normalized spacial score (nSPS) is 14.0. The lowest BCUT2D eigenvalue weighted by Crippen LogP contribution is -2.40. The number of rotatable bonds is 7. The van der Waals surface area contributed by atoms with E-state index in [0.717, 1.165) is 24.8 Å². The Morgan fingerprint density at radius 3 is 2.71 bits per heavy atom. The smallest absolute Gasteiger partial charge is 0.239 e. The quantitative estimate of drug-likeness (QED) is 0.764. The van der Waals surface area contributed by atoms with Gasteiger partial charge in [-0.05, 0) is 43.7 Å². The molecule has 1 aromatic carbocycles. The molecule has 0 aromatic heterocycles. The van der Waals surface area contributed by atoms with E-state index in [2.05, 4.69) is 11.4 Å². The summed E-state index contributed by atoms with van der Waals surface area (Å²) in [6, 6.07) is 7.40. The lowest BCUT2D eigenvalue weighted by Gasteiger charge is -2.22. The van der Waals surface area contributed by atoms with E-state index in [4.69, 9.17) is 11.6 Å². The minimum absolute atomic E-state index is 0.0701. The second kappa shape index (κ2) is 9.48. The molecule has 130 valence electrons. The summed E-state index contributed by atoms with van der Waals surface area (Å²) in [5, 5.41) is 3.46. The molecule has 0 saturated heterocycles. The van der Waals surface area contributed by atoms with Crippen molar-refractivity contribution in [3.8, 4) is 0 Å². The van der Waals surface area contributed by atoms with Gasteiger partial charge in [0.25, 0.3) is 0 Å². The Morgan fingerprint density at radius 1 is 1.25 bits per heavy atom. The van der Waals surface area contributed by atoms with Gasteiger partial charge in [-0.3, -0.25) is 9.59 Å². The van der Waals surface area contributed by atoms with E-state index < -0.39 is 0 Å². The van der Waals surface area contributed by atoms with Gasteiger partial charge in [0.05, 0.1) is 6.54 Å². The molecule has 0 heterocycles. The number of halogens is 1. The van der Waals surface area contributed by atoms with Gasteiger partial charge in [-0.2, -0.15) is 0 Å². The molecular weight excluding hydrogens is 324 g/mol. The van der Waals surface area contributed by atoms with Gasteiger partial charge < -0.3 is 10.2 Å². The van der Waals surface area contributed by atoms with E-state index in [1.807, 2.05) is 18.2 Å². The maximum Gasteiger partial charge on any atom is 0.239 e. The second-order valence-electron chi connectivity index (χ2n) is 6.17. The molecule has 24 heavy (non-hydrogen) atoms. The highest BCUT2D eigenvalue weighted by atomic mass is 35.5. The van der Waals surface area contributed by atoms with Crippen molar-refractivity contribution in [1.82, 2.24) is 10.2 Å². The Morgan fingerprint density at radius 2 is 2.04 bits per heavy atom. The van der Waals surface area contributed by atoms with Gasteiger partial charge in [0.1, 0.15) is 0 Å². The predicted molar refractivity (Wildman–Crippen MR) is 96.7 cm³/mol. The molecule has 0 bridgehead atoms. The third kappa shape index (κ3) is 6.00. The first-order valence-electron chi connectivity index (χ1n) is 8.50. The molecule has 1 aliphatic carbocycles. The lowest BCUT2D eigenvalue weighted by molar-refractivity contribution is -0.134. The van der Waals surface area contributed by atoms with Crippen LogP contribution in [-0.2, 0) is 16.1 Å². The summed E-state index contributed by atoms with van der Waals surface area (Å²) in [6.45, 7) is 2.57. The molecule has 5 heteroatoms. The summed E-state index contributed by atoms with van der Waals surface area (Å²) in [5.41, 5.74) is 2.28. The maximum absolute atomic E-state index is 12.1. The van der Waals surface area contributed by atoms with Crippen LogP contribution in [0.25, 0.3) is 0 Å². The number of nitrogens with one attached hydrogen (secondary N) is 1. The number of carbonyl (C=O) groups is 2. The number of nitrogens with zero attached hydrogens (tertiary/aromatic N) is 1. The number of amides is 2. The maximum atomic E-state index is 12.1. The summed E-state index contributed by atoms with van der Waals surface area (Å²) < 4.78 is 0. The zero-order valence-corrected chi connectivity index (χ0v) is 14.9. The molecule has 0 unspecified atom stereocenters. The highest BCUT2D eigenvalue weighted by Gasteiger charge is 2.15. The number of benzene rings is 1. The van der Waals surface area contributed by atoms with E-state index >= 15 is 0 Å². The zero-order valence-electron chi connectivity index (χ0n) is 14.2. The van der Waals surface area contributed by atoms with E-state index in [1.165, 1.54) is 25.3 Å². The lowest BCUT2D eigenvalue weighted by atomic mass is 9.97. The van der Waals surface area contributed by atoms with E-state index in [9.17, 15) is 9.59 Å². The predicted octanol–water partition coefficient (Wildman–Crippen LogP) is 3.70. The molecule has 1 aromatic rings. The number of hydrogen-bond acceptors (Lipinski definition) is 2. The van der Waals surface area contributed by atoms with Crippen LogP contribution in [0, 0.1) is 0 Å².